The van der Waals surface area contributed by atoms with E-state index in [-0.39, 0.29) is 0 Å². The van der Waals surface area contributed by atoms with Crippen molar-refractivity contribution in [2.75, 3.05) is 0 Å². The van der Waals surface area contributed by atoms with Crippen LogP contribution in [0.15, 0.2) is 170 Å². The van der Waals surface area contributed by atoms with Crippen molar-refractivity contribution >= 4 is 10.8 Å². The largest absolute Gasteiger partial charge is 0.265 e. The molecule has 4 heteroatoms. The lowest BCUT2D eigenvalue weighted by molar-refractivity contribution is 1.07. The van der Waals surface area contributed by atoms with Gasteiger partial charge in [0.05, 0.1) is 0 Å². The van der Waals surface area contributed by atoms with Gasteiger partial charge in [-0.15, -0.1) is 0 Å². The molecule has 0 fully saturated rings. The maximum absolute atomic E-state index is 4.91. The Morgan fingerprint density at radius 2 is 0.630 bits per heavy atom. The third kappa shape index (κ3) is 5.44. The lowest BCUT2D eigenvalue weighted by atomic mass is 9.90. The van der Waals surface area contributed by atoms with Crippen LogP contribution in [-0.2, 0) is 0 Å². The highest BCUT2D eigenvalue weighted by Crippen LogP contribution is 2.37. The van der Waals surface area contributed by atoms with Gasteiger partial charge in [0.1, 0.15) is 0 Å². The third-order valence-electron chi connectivity index (χ3n) is 8.25. The second kappa shape index (κ2) is 12.0. The van der Waals surface area contributed by atoms with Gasteiger partial charge in [0.25, 0.3) is 0 Å². The molecule has 46 heavy (non-hydrogen) atoms. The summed E-state index contributed by atoms with van der Waals surface area (Å²) < 4.78 is 0. The molecule has 0 spiro atoms. The molecule has 4 nitrogen and oxygen atoms in total. The maximum Gasteiger partial charge on any atom is 0.164 e. The van der Waals surface area contributed by atoms with E-state index in [2.05, 4.69) is 89.9 Å². The fourth-order valence-electron chi connectivity index (χ4n) is 5.84. The molecule has 0 saturated heterocycles. The molecule has 2 aromatic heterocycles. The fourth-order valence-corrected chi connectivity index (χ4v) is 5.84. The van der Waals surface area contributed by atoms with Crippen molar-refractivity contribution in [2.45, 2.75) is 0 Å². The summed E-state index contributed by atoms with van der Waals surface area (Å²) in [7, 11) is 0. The van der Waals surface area contributed by atoms with Gasteiger partial charge in [0.2, 0.25) is 0 Å². The Morgan fingerprint density at radius 1 is 0.283 bits per heavy atom. The average Bonchev–Trinajstić information content (AvgIpc) is 3.15. The van der Waals surface area contributed by atoms with Crippen molar-refractivity contribution in [1.29, 1.82) is 0 Å². The Morgan fingerprint density at radius 3 is 1.09 bits per heavy atom. The van der Waals surface area contributed by atoms with Gasteiger partial charge in [-0.3, -0.25) is 4.98 Å². The normalized spacial score (nSPS) is 11.0. The summed E-state index contributed by atoms with van der Waals surface area (Å²) in [4.78, 5) is 18.8. The standard InChI is InChI=1S/C42H28N4/c1-3-9-33(10-4-1)40-44-41(34-11-5-2-6-12-34)46-42(45-40)35-21-19-32(20-22-35)39-28-37-14-8-7-13-36(37)27-38(39)31-17-15-29(16-18-31)30-23-25-43-26-24-30/h1-28H. The summed E-state index contributed by atoms with van der Waals surface area (Å²) in [6, 6.07) is 54.7. The quantitative estimate of drug-likeness (QED) is 0.194. The molecule has 0 N–H and O–H groups in total. The molecule has 0 atom stereocenters. The number of pyridine rings is 1. The molecule has 0 bridgehead atoms. The summed E-state index contributed by atoms with van der Waals surface area (Å²) >= 11 is 0. The molecule has 0 amide bonds. The molecule has 0 aliphatic rings. The van der Waals surface area contributed by atoms with Gasteiger partial charge in [0.15, 0.2) is 17.5 Å². The second-order valence-electron chi connectivity index (χ2n) is 11.2. The van der Waals surface area contributed by atoms with Crippen LogP contribution >= 0.6 is 0 Å². The minimum atomic E-state index is 0.643. The van der Waals surface area contributed by atoms with Gasteiger partial charge in [-0.25, -0.2) is 15.0 Å². The Bertz CT molecular complexity index is 2210. The van der Waals surface area contributed by atoms with Crippen LogP contribution < -0.4 is 0 Å². The number of nitrogens with zero attached hydrogens (tertiary/aromatic N) is 4. The number of benzene rings is 6. The Balaban J connectivity index is 1.21. The summed E-state index contributed by atoms with van der Waals surface area (Å²) in [5.41, 5.74) is 9.82. The first kappa shape index (κ1) is 27.3. The van der Waals surface area contributed by atoms with Crippen molar-refractivity contribution < 1.29 is 0 Å². The molecular formula is C42H28N4. The molecule has 8 rings (SSSR count). The number of hydrogen-bond donors (Lipinski definition) is 0. The number of hydrogen-bond acceptors (Lipinski definition) is 4. The van der Waals surface area contributed by atoms with E-state index < -0.39 is 0 Å². The molecule has 2 heterocycles. The first-order valence-electron chi connectivity index (χ1n) is 15.3. The van der Waals surface area contributed by atoms with Crippen molar-refractivity contribution in [2.24, 2.45) is 0 Å². The second-order valence-corrected chi connectivity index (χ2v) is 11.2. The summed E-state index contributed by atoms with van der Waals surface area (Å²) in [5.74, 6) is 1.95. The van der Waals surface area contributed by atoms with E-state index in [0.29, 0.717) is 17.5 Å². The fraction of sp³-hybridized carbons (Fsp3) is 0. The number of aromatic nitrogens is 4. The van der Waals surface area contributed by atoms with Crippen LogP contribution in [0, 0.1) is 0 Å². The predicted octanol–water partition coefficient (Wildman–Crippen LogP) is 10.4. The zero-order valence-electron chi connectivity index (χ0n) is 25.0. The van der Waals surface area contributed by atoms with Crippen molar-refractivity contribution in [3.63, 3.8) is 0 Å². The predicted molar refractivity (Wildman–Crippen MR) is 188 cm³/mol. The molecular weight excluding hydrogens is 560 g/mol. The van der Waals surface area contributed by atoms with E-state index in [1.807, 2.05) is 85.2 Å². The number of fused-ring (bicyclic) bond motifs is 1. The Labute approximate surface area is 267 Å². The SMILES string of the molecule is c1ccc(-c2nc(-c3ccccc3)nc(-c3ccc(-c4cc5ccccc5cc4-c4ccc(-c5ccncc5)cc4)cc3)n2)cc1. The molecule has 8 aromatic rings. The van der Waals surface area contributed by atoms with Gasteiger partial charge in [-0.2, -0.15) is 0 Å². The Kier molecular flexibility index (Phi) is 7.14. The molecule has 216 valence electrons. The molecule has 6 aromatic carbocycles. The average molecular weight is 589 g/mol. The summed E-state index contributed by atoms with van der Waals surface area (Å²) in [6.45, 7) is 0. The monoisotopic (exact) mass is 588 g/mol. The molecule has 0 saturated carbocycles. The summed E-state index contributed by atoms with van der Waals surface area (Å²) in [5, 5.41) is 2.42. The van der Waals surface area contributed by atoms with Gasteiger partial charge in [-0.05, 0) is 68.4 Å². The van der Waals surface area contributed by atoms with Gasteiger partial charge >= 0.3 is 0 Å². The van der Waals surface area contributed by atoms with E-state index in [4.69, 9.17) is 15.0 Å². The minimum absolute atomic E-state index is 0.643. The first-order valence-corrected chi connectivity index (χ1v) is 15.3. The van der Waals surface area contributed by atoms with Crippen LogP contribution in [0.1, 0.15) is 0 Å². The van der Waals surface area contributed by atoms with E-state index in [1.54, 1.807) is 0 Å². The zero-order chi connectivity index (χ0) is 30.7. The Hall–Kier alpha value is -6.26. The lowest BCUT2D eigenvalue weighted by Gasteiger charge is -2.14. The summed E-state index contributed by atoms with van der Waals surface area (Å²) in [6.07, 6.45) is 3.66. The van der Waals surface area contributed by atoms with Crippen molar-refractivity contribution in [3.05, 3.63) is 170 Å². The number of rotatable bonds is 6. The van der Waals surface area contributed by atoms with Crippen LogP contribution in [-0.4, -0.2) is 19.9 Å². The molecule has 0 radical (unpaired) electrons. The molecule has 0 unspecified atom stereocenters. The molecule has 0 aliphatic carbocycles. The van der Waals surface area contributed by atoms with Gasteiger partial charge in [0, 0.05) is 29.1 Å². The third-order valence-corrected chi connectivity index (χ3v) is 8.25. The van der Waals surface area contributed by atoms with Crippen molar-refractivity contribution in [3.8, 4) is 67.5 Å². The highest BCUT2D eigenvalue weighted by atomic mass is 15.0. The highest BCUT2D eigenvalue weighted by Gasteiger charge is 2.14. The van der Waals surface area contributed by atoms with Gasteiger partial charge in [-0.1, -0.05) is 133 Å². The first-order chi connectivity index (χ1) is 22.8. The van der Waals surface area contributed by atoms with E-state index >= 15 is 0 Å². The zero-order valence-corrected chi connectivity index (χ0v) is 25.0. The van der Waals surface area contributed by atoms with Crippen molar-refractivity contribution in [1.82, 2.24) is 19.9 Å². The maximum atomic E-state index is 4.91. The smallest absolute Gasteiger partial charge is 0.164 e. The van der Waals surface area contributed by atoms with Gasteiger partial charge < -0.3 is 0 Å². The van der Waals surface area contributed by atoms with Crippen LogP contribution in [0.4, 0.5) is 0 Å². The highest BCUT2D eigenvalue weighted by molar-refractivity contribution is 5.96. The minimum Gasteiger partial charge on any atom is -0.265 e. The van der Waals surface area contributed by atoms with E-state index in [1.165, 1.54) is 33.0 Å². The van der Waals surface area contributed by atoms with E-state index in [0.717, 1.165) is 27.8 Å². The van der Waals surface area contributed by atoms with Crippen LogP contribution in [0.5, 0.6) is 0 Å². The van der Waals surface area contributed by atoms with Crippen LogP contribution in [0.3, 0.4) is 0 Å². The van der Waals surface area contributed by atoms with Crippen LogP contribution in [0.25, 0.3) is 78.3 Å². The molecule has 0 aliphatic heterocycles. The van der Waals surface area contributed by atoms with Crippen LogP contribution in [0.2, 0.25) is 0 Å². The lowest BCUT2D eigenvalue weighted by Crippen LogP contribution is -2.00. The van der Waals surface area contributed by atoms with E-state index in [9.17, 15) is 0 Å². The topological polar surface area (TPSA) is 51.6 Å².